The molecule has 0 bridgehead atoms. The van der Waals surface area contributed by atoms with Gasteiger partial charge in [-0.25, -0.2) is 4.79 Å². The standard InChI is InChI=1S/C26H33NO9/c1-15(27-13-11-26(34,12-14-27)17-5-3-2-4-6-17)19(28)16-7-9-18(10-8-16)35-25-22(31)20(29)21(30)23(36-25)24(32)33/h2-10,15,19-23,25,28-31,34H,11-14H2,1H3,(H,32,33)/t15-,19+,20-,21-,22+,23-,25+/m0/s1. The number of carbonyl (C=O) groups is 1. The summed E-state index contributed by atoms with van der Waals surface area (Å²) in [6, 6.07) is 15.8. The van der Waals surface area contributed by atoms with Gasteiger partial charge in [0.15, 0.2) is 6.10 Å². The summed E-state index contributed by atoms with van der Waals surface area (Å²) in [6.45, 7) is 3.17. The van der Waals surface area contributed by atoms with Crippen LogP contribution >= 0.6 is 0 Å². The average Bonchev–Trinajstić information content (AvgIpc) is 2.89. The molecule has 0 unspecified atom stereocenters. The molecule has 0 saturated carbocycles. The van der Waals surface area contributed by atoms with Crippen LogP contribution in [0.1, 0.15) is 37.0 Å². The molecule has 2 aliphatic rings. The zero-order valence-corrected chi connectivity index (χ0v) is 19.9. The van der Waals surface area contributed by atoms with Crippen molar-refractivity contribution in [1.29, 1.82) is 0 Å². The Morgan fingerprint density at radius 3 is 2.19 bits per heavy atom. The van der Waals surface area contributed by atoms with E-state index in [1.54, 1.807) is 24.3 Å². The van der Waals surface area contributed by atoms with Crippen LogP contribution in [0, 0.1) is 0 Å². The van der Waals surface area contributed by atoms with Crippen molar-refractivity contribution in [2.24, 2.45) is 0 Å². The van der Waals surface area contributed by atoms with E-state index in [9.17, 15) is 30.3 Å². The summed E-state index contributed by atoms with van der Waals surface area (Å²) in [4.78, 5) is 13.4. The van der Waals surface area contributed by atoms with Gasteiger partial charge in [0.05, 0.1) is 11.7 Å². The lowest BCUT2D eigenvalue weighted by molar-refractivity contribution is -0.271. The number of benzene rings is 2. The lowest BCUT2D eigenvalue weighted by atomic mass is 9.83. The number of hydrogen-bond acceptors (Lipinski definition) is 9. The second-order valence-electron chi connectivity index (χ2n) is 9.54. The number of aliphatic hydroxyl groups excluding tert-OH is 4. The lowest BCUT2D eigenvalue weighted by Gasteiger charge is -2.42. The Bertz CT molecular complexity index is 1010. The molecule has 0 aliphatic carbocycles. The number of hydrogen-bond donors (Lipinski definition) is 6. The smallest absolute Gasteiger partial charge is 0.335 e. The van der Waals surface area contributed by atoms with Gasteiger partial charge in [0, 0.05) is 19.1 Å². The first-order valence-corrected chi connectivity index (χ1v) is 12.0. The minimum atomic E-state index is -1.80. The molecular weight excluding hydrogens is 470 g/mol. The number of likely N-dealkylation sites (tertiary alicyclic amines) is 1. The number of piperidine rings is 1. The van der Waals surface area contributed by atoms with Crippen LogP contribution in [0.2, 0.25) is 0 Å². The predicted molar refractivity (Wildman–Crippen MR) is 127 cm³/mol. The van der Waals surface area contributed by atoms with E-state index < -0.39 is 48.4 Å². The Morgan fingerprint density at radius 2 is 1.61 bits per heavy atom. The lowest BCUT2D eigenvalue weighted by Crippen LogP contribution is -2.61. The van der Waals surface area contributed by atoms with Crippen molar-refractivity contribution in [1.82, 2.24) is 4.90 Å². The first kappa shape index (κ1) is 26.5. The van der Waals surface area contributed by atoms with Crippen LogP contribution in [0.3, 0.4) is 0 Å². The molecule has 4 rings (SSSR count). The summed E-state index contributed by atoms with van der Waals surface area (Å²) >= 11 is 0. The molecule has 7 atom stereocenters. The zero-order chi connectivity index (χ0) is 26.0. The molecule has 36 heavy (non-hydrogen) atoms. The minimum absolute atomic E-state index is 0.214. The maximum atomic E-state index is 11.3. The van der Waals surface area contributed by atoms with E-state index in [4.69, 9.17) is 14.6 Å². The first-order chi connectivity index (χ1) is 17.1. The molecule has 0 amide bonds. The largest absolute Gasteiger partial charge is 0.479 e. The van der Waals surface area contributed by atoms with Gasteiger partial charge in [-0.3, -0.25) is 4.90 Å². The molecule has 2 heterocycles. The number of rotatable bonds is 7. The summed E-state index contributed by atoms with van der Waals surface area (Å²) in [7, 11) is 0. The molecule has 0 radical (unpaired) electrons. The Balaban J connectivity index is 1.35. The van der Waals surface area contributed by atoms with Gasteiger partial charge in [-0.2, -0.15) is 0 Å². The SMILES string of the molecule is C[C@@H]([C@@H](O)c1ccc(O[C@@H]2O[C@H](C(=O)O)[C@@H](O)[C@H](O)[C@H]2O)cc1)N1CCC(O)(c2ccccc2)CC1. The minimum Gasteiger partial charge on any atom is -0.479 e. The number of aliphatic carboxylic acids is 1. The van der Waals surface area contributed by atoms with Gasteiger partial charge in [-0.05, 0) is 43.0 Å². The molecule has 10 nitrogen and oxygen atoms in total. The van der Waals surface area contributed by atoms with Gasteiger partial charge >= 0.3 is 5.97 Å². The van der Waals surface area contributed by atoms with Crippen molar-refractivity contribution in [2.45, 2.75) is 68.2 Å². The topological polar surface area (TPSA) is 160 Å². The van der Waals surface area contributed by atoms with Gasteiger partial charge < -0.3 is 40.1 Å². The fourth-order valence-corrected chi connectivity index (χ4v) is 4.84. The molecule has 2 aliphatic heterocycles. The van der Waals surface area contributed by atoms with Crippen molar-refractivity contribution in [3.8, 4) is 5.75 Å². The third-order valence-corrected chi connectivity index (χ3v) is 7.26. The van der Waals surface area contributed by atoms with Crippen LogP contribution in [-0.4, -0.2) is 91.3 Å². The second-order valence-corrected chi connectivity index (χ2v) is 9.54. The highest BCUT2D eigenvalue weighted by molar-refractivity contribution is 5.73. The van der Waals surface area contributed by atoms with Crippen LogP contribution < -0.4 is 4.74 Å². The third kappa shape index (κ3) is 5.40. The van der Waals surface area contributed by atoms with E-state index >= 15 is 0 Å². The molecule has 2 saturated heterocycles. The first-order valence-electron chi connectivity index (χ1n) is 12.0. The van der Waals surface area contributed by atoms with Gasteiger partial charge in [-0.1, -0.05) is 42.5 Å². The monoisotopic (exact) mass is 503 g/mol. The molecule has 196 valence electrons. The summed E-state index contributed by atoms with van der Waals surface area (Å²) in [5.41, 5.74) is 0.649. The van der Waals surface area contributed by atoms with Crippen molar-refractivity contribution in [3.63, 3.8) is 0 Å². The Hall–Kier alpha value is -2.57. The van der Waals surface area contributed by atoms with Gasteiger partial charge in [0.1, 0.15) is 24.1 Å². The van der Waals surface area contributed by atoms with E-state index in [0.717, 1.165) is 5.56 Å². The summed E-state index contributed by atoms with van der Waals surface area (Å²) < 4.78 is 10.6. The van der Waals surface area contributed by atoms with Gasteiger partial charge in [0.25, 0.3) is 0 Å². The average molecular weight is 504 g/mol. The molecule has 6 N–H and O–H groups in total. The summed E-state index contributed by atoms with van der Waals surface area (Å²) in [6.07, 6.45) is -8.16. The molecular formula is C26H33NO9. The van der Waals surface area contributed by atoms with Crippen LogP contribution in [0.4, 0.5) is 0 Å². The second kappa shape index (κ2) is 10.8. The normalized spacial score (nSPS) is 30.3. The van der Waals surface area contributed by atoms with Crippen molar-refractivity contribution in [3.05, 3.63) is 65.7 Å². The molecule has 0 spiro atoms. The van der Waals surface area contributed by atoms with Crippen LogP contribution in [-0.2, 0) is 15.1 Å². The Labute approximate surface area is 208 Å². The zero-order valence-electron chi connectivity index (χ0n) is 19.9. The van der Waals surface area contributed by atoms with Crippen LogP contribution in [0.25, 0.3) is 0 Å². The van der Waals surface area contributed by atoms with E-state index in [1.165, 1.54) is 0 Å². The summed E-state index contributed by atoms with van der Waals surface area (Å²) in [5.74, 6) is -1.27. The fourth-order valence-electron chi connectivity index (χ4n) is 4.84. The van der Waals surface area contributed by atoms with Crippen LogP contribution in [0.15, 0.2) is 54.6 Å². The highest BCUT2D eigenvalue weighted by Gasteiger charge is 2.48. The van der Waals surface area contributed by atoms with Crippen molar-refractivity contribution >= 4 is 5.97 Å². The number of carboxylic acid groups (broad SMARTS) is 1. The van der Waals surface area contributed by atoms with E-state index in [0.29, 0.717) is 31.5 Å². The maximum absolute atomic E-state index is 11.3. The maximum Gasteiger partial charge on any atom is 0.335 e. The molecule has 10 heteroatoms. The van der Waals surface area contributed by atoms with E-state index in [2.05, 4.69) is 4.90 Å². The number of carboxylic acids is 1. The van der Waals surface area contributed by atoms with Crippen LogP contribution in [0.5, 0.6) is 5.75 Å². The number of aliphatic hydroxyl groups is 5. The van der Waals surface area contributed by atoms with Crippen molar-refractivity contribution < 1.29 is 44.9 Å². The van der Waals surface area contributed by atoms with Gasteiger partial charge in [0.2, 0.25) is 6.29 Å². The summed E-state index contributed by atoms with van der Waals surface area (Å²) in [5, 5.41) is 61.0. The highest BCUT2D eigenvalue weighted by atomic mass is 16.7. The van der Waals surface area contributed by atoms with E-state index in [-0.39, 0.29) is 11.8 Å². The molecule has 2 fully saturated rings. The Kier molecular flexibility index (Phi) is 7.96. The highest BCUT2D eigenvalue weighted by Crippen LogP contribution is 2.35. The quantitative estimate of drug-likeness (QED) is 0.311. The van der Waals surface area contributed by atoms with Gasteiger partial charge in [-0.15, -0.1) is 0 Å². The number of ether oxygens (including phenoxy) is 2. The predicted octanol–water partition coefficient (Wildman–Crippen LogP) is 0.363. The number of nitrogens with zero attached hydrogens (tertiary/aromatic N) is 1. The Morgan fingerprint density at radius 1 is 1.00 bits per heavy atom. The van der Waals surface area contributed by atoms with E-state index in [1.807, 2.05) is 37.3 Å². The fraction of sp³-hybridized carbons (Fsp3) is 0.500. The molecule has 0 aromatic heterocycles. The molecule has 2 aromatic carbocycles. The van der Waals surface area contributed by atoms with Crippen molar-refractivity contribution in [2.75, 3.05) is 13.1 Å². The third-order valence-electron chi connectivity index (χ3n) is 7.26. The molecule has 2 aromatic rings.